The molecule has 3 heterocycles. The lowest BCUT2D eigenvalue weighted by Crippen LogP contribution is -2.36. The Labute approximate surface area is 182 Å². The Balaban J connectivity index is 1.71. The summed E-state index contributed by atoms with van der Waals surface area (Å²) in [6.07, 6.45) is 1.01. The van der Waals surface area contributed by atoms with Crippen molar-refractivity contribution in [3.63, 3.8) is 0 Å². The molecule has 158 valence electrons. The number of rotatable bonds is 5. The van der Waals surface area contributed by atoms with E-state index in [2.05, 4.69) is 31.2 Å². The highest BCUT2D eigenvalue weighted by Gasteiger charge is 2.21. The van der Waals surface area contributed by atoms with Crippen LogP contribution in [-0.4, -0.2) is 50.3 Å². The number of piperidine rings is 1. The number of anilines is 3. The second-order valence-corrected chi connectivity index (χ2v) is 8.21. The number of aliphatic hydroxyl groups is 1. The molecule has 1 aromatic carbocycles. The Hall–Kier alpha value is -3.55. The molecule has 0 amide bonds. The van der Waals surface area contributed by atoms with Crippen LogP contribution >= 0.6 is 11.3 Å². The molecule has 0 aliphatic carbocycles. The first-order valence-corrected chi connectivity index (χ1v) is 10.5. The molecular formula is C21H20N6O3S. The summed E-state index contributed by atoms with van der Waals surface area (Å²) < 4.78 is 0. The number of carbonyl (C=O) groups is 1. The number of aryl methyl sites for hydroxylation is 1. The number of carboxylic acid groups (broad SMARTS) is 1. The molecule has 1 fully saturated rings. The van der Waals surface area contributed by atoms with Gasteiger partial charge < -0.3 is 15.1 Å². The molecule has 0 spiro atoms. The van der Waals surface area contributed by atoms with Crippen LogP contribution in [0, 0.1) is 18.3 Å². The molecule has 0 saturated carbocycles. The molecule has 0 unspecified atom stereocenters. The van der Waals surface area contributed by atoms with Crippen LogP contribution in [-0.2, 0) is 0 Å². The minimum Gasteiger partial charge on any atom is -0.477 e. The van der Waals surface area contributed by atoms with E-state index >= 15 is 0 Å². The Morgan fingerprint density at radius 1 is 1.23 bits per heavy atom. The fraction of sp³-hybridized carbons (Fsp3) is 0.286. The van der Waals surface area contributed by atoms with Crippen molar-refractivity contribution in [2.75, 3.05) is 23.3 Å². The van der Waals surface area contributed by atoms with Crippen molar-refractivity contribution in [2.45, 2.75) is 25.9 Å². The molecule has 31 heavy (non-hydrogen) atoms. The van der Waals surface area contributed by atoms with Gasteiger partial charge in [-0.2, -0.15) is 10.2 Å². The lowest BCUT2D eigenvalue weighted by molar-refractivity contribution is 0.0701. The third kappa shape index (κ3) is 4.63. The molecule has 2 aromatic heterocycles. The van der Waals surface area contributed by atoms with E-state index in [1.807, 2.05) is 18.2 Å². The first kappa shape index (κ1) is 20.7. The molecule has 10 heteroatoms. The number of aromatic carboxylic acids is 1. The van der Waals surface area contributed by atoms with Crippen molar-refractivity contribution in [1.29, 1.82) is 5.26 Å². The minimum atomic E-state index is -1.03. The van der Waals surface area contributed by atoms with Crippen LogP contribution in [0.4, 0.5) is 16.9 Å². The SMILES string of the molecule is Cc1nc(Nc2nc(-c3ccc(C#N)cc3)cc(N3CCC(O)CC3)n2)sc1C(=O)O. The third-order valence-corrected chi connectivity index (χ3v) is 6.08. The maximum absolute atomic E-state index is 11.3. The second-order valence-electron chi connectivity index (χ2n) is 7.21. The van der Waals surface area contributed by atoms with Crippen molar-refractivity contribution in [1.82, 2.24) is 15.0 Å². The fourth-order valence-corrected chi connectivity index (χ4v) is 4.15. The number of nitriles is 1. The van der Waals surface area contributed by atoms with E-state index in [1.54, 1.807) is 19.1 Å². The Morgan fingerprint density at radius 3 is 2.55 bits per heavy atom. The molecule has 1 aliphatic heterocycles. The van der Waals surface area contributed by atoms with Gasteiger partial charge in [0.15, 0.2) is 5.13 Å². The Bertz CT molecular complexity index is 1150. The average molecular weight is 436 g/mol. The van der Waals surface area contributed by atoms with Crippen LogP contribution < -0.4 is 10.2 Å². The van der Waals surface area contributed by atoms with Gasteiger partial charge in [-0.25, -0.2) is 14.8 Å². The monoisotopic (exact) mass is 436 g/mol. The number of aromatic nitrogens is 3. The normalized spacial score (nSPS) is 14.3. The molecule has 1 aliphatic rings. The number of thiazole rings is 1. The molecule has 0 atom stereocenters. The number of benzene rings is 1. The highest BCUT2D eigenvalue weighted by molar-refractivity contribution is 7.17. The molecule has 3 N–H and O–H groups in total. The number of aliphatic hydroxyl groups excluding tert-OH is 1. The van der Waals surface area contributed by atoms with Gasteiger partial charge in [0.25, 0.3) is 0 Å². The van der Waals surface area contributed by atoms with Crippen LogP contribution in [0.2, 0.25) is 0 Å². The van der Waals surface area contributed by atoms with E-state index in [4.69, 9.17) is 5.26 Å². The predicted octanol–water partition coefficient (Wildman–Crippen LogP) is 3.18. The molecule has 0 bridgehead atoms. The van der Waals surface area contributed by atoms with Gasteiger partial charge in [0.2, 0.25) is 5.95 Å². The number of hydrogen-bond donors (Lipinski definition) is 3. The Morgan fingerprint density at radius 2 is 1.94 bits per heavy atom. The fourth-order valence-electron chi connectivity index (χ4n) is 3.35. The van der Waals surface area contributed by atoms with Gasteiger partial charge in [0, 0.05) is 24.7 Å². The van der Waals surface area contributed by atoms with Crippen LogP contribution in [0.3, 0.4) is 0 Å². The highest BCUT2D eigenvalue weighted by atomic mass is 32.1. The first-order chi connectivity index (χ1) is 14.9. The van der Waals surface area contributed by atoms with E-state index in [0.29, 0.717) is 59.8 Å². The molecule has 4 rings (SSSR count). The molecule has 1 saturated heterocycles. The summed E-state index contributed by atoms with van der Waals surface area (Å²) in [4.78, 5) is 27.0. The Kier molecular flexibility index (Phi) is 5.79. The van der Waals surface area contributed by atoms with E-state index in [0.717, 1.165) is 16.9 Å². The van der Waals surface area contributed by atoms with Gasteiger partial charge in [-0.3, -0.25) is 5.32 Å². The molecule has 0 radical (unpaired) electrons. The van der Waals surface area contributed by atoms with E-state index in [1.165, 1.54) is 0 Å². The van der Waals surface area contributed by atoms with Crippen molar-refractivity contribution < 1.29 is 15.0 Å². The maximum Gasteiger partial charge on any atom is 0.347 e. The summed E-state index contributed by atoms with van der Waals surface area (Å²) in [7, 11) is 0. The number of hydrogen-bond acceptors (Lipinski definition) is 9. The highest BCUT2D eigenvalue weighted by Crippen LogP contribution is 2.29. The number of nitrogens with zero attached hydrogens (tertiary/aromatic N) is 5. The summed E-state index contributed by atoms with van der Waals surface area (Å²) in [5.41, 5.74) is 2.47. The van der Waals surface area contributed by atoms with Crippen molar-refractivity contribution in [2.24, 2.45) is 0 Å². The zero-order valence-electron chi connectivity index (χ0n) is 16.7. The van der Waals surface area contributed by atoms with Crippen molar-refractivity contribution >= 4 is 34.2 Å². The summed E-state index contributed by atoms with van der Waals surface area (Å²) in [5.74, 6) is -0.0213. The largest absolute Gasteiger partial charge is 0.477 e. The van der Waals surface area contributed by atoms with Gasteiger partial charge in [-0.05, 0) is 31.9 Å². The van der Waals surface area contributed by atoms with Crippen LogP contribution in [0.5, 0.6) is 0 Å². The summed E-state index contributed by atoms with van der Waals surface area (Å²) in [6, 6.07) is 11.1. The number of nitrogens with one attached hydrogen (secondary N) is 1. The van der Waals surface area contributed by atoms with Gasteiger partial charge in [-0.1, -0.05) is 23.5 Å². The zero-order chi connectivity index (χ0) is 22.0. The van der Waals surface area contributed by atoms with E-state index < -0.39 is 5.97 Å². The zero-order valence-corrected chi connectivity index (χ0v) is 17.6. The molecule has 9 nitrogen and oxygen atoms in total. The number of carboxylic acids is 1. The lowest BCUT2D eigenvalue weighted by atomic mass is 10.1. The van der Waals surface area contributed by atoms with Crippen LogP contribution in [0.1, 0.15) is 33.8 Å². The quantitative estimate of drug-likeness (QED) is 0.551. The second kappa shape index (κ2) is 8.67. The van der Waals surface area contributed by atoms with E-state index in [-0.39, 0.29) is 11.0 Å². The van der Waals surface area contributed by atoms with Crippen LogP contribution in [0.25, 0.3) is 11.3 Å². The first-order valence-electron chi connectivity index (χ1n) is 9.73. The summed E-state index contributed by atoms with van der Waals surface area (Å²) in [6.45, 7) is 2.98. The smallest absolute Gasteiger partial charge is 0.347 e. The molecule has 3 aromatic rings. The van der Waals surface area contributed by atoms with Crippen molar-refractivity contribution in [3.05, 3.63) is 46.5 Å². The van der Waals surface area contributed by atoms with Gasteiger partial charge in [0.1, 0.15) is 10.7 Å². The minimum absolute atomic E-state index is 0.163. The van der Waals surface area contributed by atoms with Gasteiger partial charge in [-0.15, -0.1) is 0 Å². The third-order valence-electron chi connectivity index (χ3n) is 5.02. The summed E-state index contributed by atoms with van der Waals surface area (Å²) in [5, 5.41) is 31.6. The van der Waals surface area contributed by atoms with Gasteiger partial charge in [0.05, 0.1) is 29.1 Å². The summed E-state index contributed by atoms with van der Waals surface area (Å²) >= 11 is 1.03. The predicted molar refractivity (Wildman–Crippen MR) is 117 cm³/mol. The maximum atomic E-state index is 11.3. The van der Waals surface area contributed by atoms with Crippen LogP contribution in [0.15, 0.2) is 30.3 Å². The lowest BCUT2D eigenvalue weighted by Gasteiger charge is -2.30. The van der Waals surface area contributed by atoms with Gasteiger partial charge >= 0.3 is 5.97 Å². The van der Waals surface area contributed by atoms with Crippen molar-refractivity contribution in [3.8, 4) is 17.3 Å². The topological polar surface area (TPSA) is 135 Å². The average Bonchev–Trinajstić information content (AvgIpc) is 3.14. The molecular weight excluding hydrogens is 416 g/mol. The van der Waals surface area contributed by atoms with E-state index in [9.17, 15) is 15.0 Å². The standard InChI is InChI=1S/C21H20N6O3S/c1-12-18(19(29)30)31-21(23-12)26-20-24-16(14-4-2-13(11-22)3-5-14)10-17(25-20)27-8-6-15(28)7-9-27/h2-5,10,15,28H,6-9H2,1H3,(H,29,30)(H,23,24,25,26).